The van der Waals surface area contributed by atoms with Gasteiger partial charge < -0.3 is 18.8 Å². The van der Waals surface area contributed by atoms with Gasteiger partial charge in [-0.05, 0) is 119 Å². The van der Waals surface area contributed by atoms with E-state index in [-0.39, 0.29) is 12.1 Å². The van der Waals surface area contributed by atoms with E-state index in [4.69, 9.17) is 4.42 Å². The van der Waals surface area contributed by atoms with E-state index in [1.54, 1.807) is 0 Å². The lowest BCUT2D eigenvalue weighted by Gasteiger charge is -2.41. The highest BCUT2D eigenvalue weighted by Crippen LogP contribution is 2.46. The maximum absolute atomic E-state index is 6.69. The van der Waals surface area contributed by atoms with Gasteiger partial charge in [0, 0.05) is 50.6 Å². The number of aromatic nitrogens is 1. The zero-order valence-corrected chi connectivity index (χ0v) is 30.8. The Kier molecular flexibility index (Phi) is 6.49. The monoisotopic (exact) mass is 695 g/mol. The molecular weight excluding hydrogens is 657 g/mol. The third-order valence-electron chi connectivity index (χ3n) is 11.5. The van der Waals surface area contributed by atoms with E-state index in [0.29, 0.717) is 0 Å². The van der Waals surface area contributed by atoms with Crippen molar-refractivity contribution in [3.63, 3.8) is 0 Å². The van der Waals surface area contributed by atoms with Crippen LogP contribution in [0, 0.1) is 6.92 Å². The zero-order chi connectivity index (χ0) is 36.3. The molecule has 0 bridgehead atoms. The number of para-hydroxylation sites is 4. The molecule has 258 valence electrons. The summed E-state index contributed by atoms with van der Waals surface area (Å²) < 4.78 is 9.19. The summed E-state index contributed by atoms with van der Waals surface area (Å²) >= 11 is 0. The number of furan rings is 1. The van der Waals surface area contributed by atoms with Gasteiger partial charge in [0.1, 0.15) is 11.1 Å². The normalized spacial score (nSPS) is 13.1. The molecule has 0 N–H and O–H groups in total. The van der Waals surface area contributed by atoms with Crippen LogP contribution in [0.25, 0.3) is 38.7 Å². The van der Waals surface area contributed by atoms with Crippen molar-refractivity contribution in [1.29, 1.82) is 0 Å². The number of nitrogens with zero attached hydrogens (tertiary/aromatic N) is 3. The first kappa shape index (κ1) is 31.1. The molecule has 0 fully saturated rings. The van der Waals surface area contributed by atoms with Gasteiger partial charge >= 0.3 is 0 Å². The lowest BCUT2D eigenvalue weighted by atomic mass is 9.33. The minimum absolute atomic E-state index is 0.00785. The van der Waals surface area contributed by atoms with E-state index in [1.807, 2.05) is 0 Å². The number of hydrogen-bond donors (Lipinski definition) is 0. The predicted octanol–water partition coefficient (Wildman–Crippen LogP) is 11.2. The quantitative estimate of drug-likeness (QED) is 0.171. The molecule has 0 radical (unpaired) electrons. The van der Waals surface area contributed by atoms with Crippen LogP contribution in [-0.4, -0.2) is 11.3 Å². The number of anilines is 6. The summed E-state index contributed by atoms with van der Waals surface area (Å²) in [7, 11) is 0. The fourth-order valence-corrected chi connectivity index (χ4v) is 9.15. The number of fused-ring (bicyclic) bond motifs is 9. The summed E-state index contributed by atoms with van der Waals surface area (Å²) in [6.45, 7) is 9.16. The Bertz CT molecular complexity index is 2910. The lowest BCUT2D eigenvalue weighted by Crippen LogP contribution is -2.60. The topological polar surface area (TPSA) is 24.6 Å². The standard InChI is InChI=1S/C49H38BN3O/c1-31-27-42-45-43(28-31)53-46-38(48-47(53)37-21-11-12-24-44(37)54-48)22-14-23-40(46)50(45)39-26-25-36(51(33-16-7-5-8-17-33)34-18-9-6-10-19-34)30-41(39)52(42)35-20-13-15-32(29-35)49(2,3)4/h5-30H,1-4H3. The third-order valence-corrected chi connectivity index (χ3v) is 11.5. The average molecular weight is 696 g/mol. The second-order valence-corrected chi connectivity index (χ2v) is 15.9. The van der Waals surface area contributed by atoms with Gasteiger partial charge in [-0.1, -0.05) is 99.6 Å². The van der Waals surface area contributed by atoms with Gasteiger partial charge in [0.15, 0.2) is 5.58 Å². The predicted molar refractivity (Wildman–Crippen MR) is 228 cm³/mol. The molecule has 4 nitrogen and oxygen atoms in total. The molecule has 2 aliphatic rings. The van der Waals surface area contributed by atoms with Crippen molar-refractivity contribution in [2.45, 2.75) is 33.1 Å². The Morgan fingerprint density at radius 3 is 2.00 bits per heavy atom. The largest absolute Gasteiger partial charge is 0.454 e. The summed E-state index contributed by atoms with van der Waals surface area (Å²) in [4.78, 5) is 4.90. The lowest BCUT2D eigenvalue weighted by molar-refractivity contribution is 0.590. The molecule has 5 heteroatoms. The average Bonchev–Trinajstić information content (AvgIpc) is 3.73. The van der Waals surface area contributed by atoms with Crippen molar-refractivity contribution >= 4 is 90.2 Å². The molecule has 2 aromatic heterocycles. The minimum Gasteiger partial charge on any atom is -0.454 e. The van der Waals surface area contributed by atoms with Crippen molar-refractivity contribution in [3.8, 4) is 5.69 Å². The van der Waals surface area contributed by atoms with Crippen LogP contribution in [-0.2, 0) is 5.41 Å². The van der Waals surface area contributed by atoms with E-state index >= 15 is 0 Å². The molecule has 0 atom stereocenters. The van der Waals surface area contributed by atoms with Crippen LogP contribution >= 0.6 is 0 Å². The molecule has 0 saturated carbocycles. The SMILES string of the molecule is Cc1cc2c3c(c1)-n1c4c(cccc4c4oc5ccccc5c41)B3c1ccc(N(c3ccccc3)c3ccccc3)cc1N2c1cccc(C(C)(C)C)c1. The second kappa shape index (κ2) is 11.3. The van der Waals surface area contributed by atoms with Gasteiger partial charge in [-0.3, -0.25) is 0 Å². The van der Waals surface area contributed by atoms with E-state index in [9.17, 15) is 0 Å². The fraction of sp³-hybridized carbons (Fsp3) is 0.102. The van der Waals surface area contributed by atoms with E-state index in [2.05, 4.69) is 200 Å². The van der Waals surface area contributed by atoms with Gasteiger partial charge in [0.05, 0.1) is 5.52 Å². The third kappa shape index (κ3) is 4.39. The van der Waals surface area contributed by atoms with Crippen molar-refractivity contribution in [3.05, 3.63) is 169 Å². The van der Waals surface area contributed by atoms with Gasteiger partial charge in [-0.15, -0.1) is 0 Å². The molecule has 0 amide bonds. The maximum atomic E-state index is 6.69. The first-order chi connectivity index (χ1) is 26.3. The highest BCUT2D eigenvalue weighted by molar-refractivity contribution is 7.00. The molecular formula is C49H38BN3O. The molecule has 2 aliphatic heterocycles. The molecule has 0 unspecified atom stereocenters. The van der Waals surface area contributed by atoms with Gasteiger partial charge in [-0.25, -0.2) is 0 Å². The molecule has 0 spiro atoms. The minimum atomic E-state index is -0.00785. The maximum Gasteiger partial charge on any atom is 0.252 e. The first-order valence-corrected chi connectivity index (χ1v) is 18.9. The summed E-state index contributed by atoms with van der Waals surface area (Å²) in [5.41, 5.74) is 18.8. The molecule has 4 heterocycles. The van der Waals surface area contributed by atoms with Crippen LogP contribution in [0.5, 0.6) is 0 Å². The van der Waals surface area contributed by atoms with Crippen LogP contribution in [0.1, 0.15) is 31.9 Å². The molecule has 11 rings (SSSR count). The fourth-order valence-electron chi connectivity index (χ4n) is 9.15. The summed E-state index contributed by atoms with van der Waals surface area (Å²) in [6.07, 6.45) is 0. The highest BCUT2D eigenvalue weighted by atomic mass is 16.3. The van der Waals surface area contributed by atoms with Crippen molar-refractivity contribution in [2.24, 2.45) is 0 Å². The molecule has 0 saturated heterocycles. The number of hydrogen-bond acceptors (Lipinski definition) is 3. The summed E-state index contributed by atoms with van der Waals surface area (Å²) in [5, 5.41) is 2.30. The van der Waals surface area contributed by atoms with Crippen molar-refractivity contribution < 1.29 is 4.42 Å². The first-order valence-electron chi connectivity index (χ1n) is 18.9. The number of benzene rings is 7. The molecule has 54 heavy (non-hydrogen) atoms. The van der Waals surface area contributed by atoms with Gasteiger partial charge in [0.25, 0.3) is 6.71 Å². The Labute approximate surface area is 315 Å². The smallest absolute Gasteiger partial charge is 0.252 e. The van der Waals surface area contributed by atoms with E-state index in [0.717, 1.165) is 50.2 Å². The molecule has 9 aromatic rings. The second-order valence-electron chi connectivity index (χ2n) is 15.9. The van der Waals surface area contributed by atoms with E-state index < -0.39 is 0 Å². The molecule has 7 aromatic carbocycles. The van der Waals surface area contributed by atoms with Crippen molar-refractivity contribution in [1.82, 2.24) is 4.57 Å². The molecule has 0 aliphatic carbocycles. The van der Waals surface area contributed by atoms with Crippen LogP contribution in [0.3, 0.4) is 0 Å². The number of aryl methyl sites for hydroxylation is 1. The van der Waals surface area contributed by atoms with Crippen LogP contribution in [0.4, 0.5) is 34.1 Å². The van der Waals surface area contributed by atoms with Crippen LogP contribution in [0.2, 0.25) is 0 Å². The summed E-state index contributed by atoms with van der Waals surface area (Å²) in [6, 6.07) is 57.7. The Morgan fingerprint density at radius 2 is 1.24 bits per heavy atom. The van der Waals surface area contributed by atoms with Crippen molar-refractivity contribution in [2.75, 3.05) is 9.80 Å². The Hall–Kier alpha value is -6.46. The van der Waals surface area contributed by atoms with Crippen LogP contribution < -0.4 is 26.2 Å². The highest BCUT2D eigenvalue weighted by Gasteiger charge is 2.43. The summed E-state index contributed by atoms with van der Waals surface area (Å²) in [5.74, 6) is 0. The zero-order valence-electron chi connectivity index (χ0n) is 30.8. The Morgan fingerprint density at radius 1 is 0.556 bits per heavy atom. The Balaban J connectivity index is 1.25. The number of rotatable bonds is 4. The van der Waals surface area contributed by atoms with E-state index in [1.165, 1.54) is 50.1 Å². The van der Waals surface area contributed by atoms with Gasteiger partial charge in [-0.2, -0.15) is 0 Å². The van der Waals surface area contributed by atoms with Crippen LogP contribution in [0.15, 0.2) is 162 Å². The van der Waals surface area contributed by atoms with Gasteiger partial charge in [0.2, 0.25) is 0 Å².